The number of hydrogen-bond acceptors (Lipinski definition) is 2. The van der Waals surface area contributed by atoms with Gasteiger partial charge >= 0.3 is 103 Å². The fourth-order valence-corrected chi connectivity index (χ4v) is 3.70. The molecule has 2 nitrogen and oxygen atoms in total. The molecular formula is C13H18N2Se. The first kappa shape index (κ1) is 11.8. The number of pyridine rings is 1. The molecular weight excluding hydrogens is 263 g/mol. The molecule has 0 bridgehead atoms. The molecule has 16 heavy (non-hydrogen) atoms. The molecule has 2 rings (SSSR count). The predicted molar refractivity (Wildman–Crippen MR) is 70.2 cm³/mol. The van der Waals surface area contributed by atoms with Crippen LogP contribution in [0.4, 0.5) is 0 Å². The summed E-state index contributed by atoms with van der Waals surface area (Å²) < 4.78 is 1.44. The molecule has 86 valence electrons. The van der Waals surface area contributed by atoms with E-state index in [0.29, 0.717) is 20.5 Å². The Kier molecular flexibility index (Phi) is 3.80. The van der Waals surface area contributed by atoms with Crippen LogP contribution in [-0.2, 0) is 6.42 Å². The first-order chi connectivity index (χ1) is 7.68. The Bertz CT molecular complexity index is 462. The van der Waals surface area contributed by atoms with Gasteiger partial charge in [-0.05, 0) is 0 Å². The van der Waals surface area contributed by atoms with E-state index in [-0.39, 0.29) is 0 Å². The van der Waals surface area contributed by atoms with E-state index in [9.17, 15) is 0 Å². The van der Waals surface area contributed by atoms with Crippen molar-refractivity contribution in [2.24, 2.45) is 0 Å². The molecule has 0 N–H and O–H groups in total. The van der Waals surface area contributed by atoms with Crippen molar-refractivity contribution in [3.05, 3.63) is 29.0 Å². The maximum atomic E-state index is 4.19. The third-order valence-electron chi connectivity index (χ3n) is 3.07. The zero-order valence-corrected chi connectivity index (χ0v) is 11.8. The summed E-state index contributed by atoms with van der Waals surface area (Å²) in [6, 6.07) is 2.79. The molecule has 0 spiro atoms. The summed E-state index contributed by atoms with van der Waals surface area (Å²) in [4.78, 5) is 8.99. The quantitative estimate of drug-likeness (QED) is 0.799. The molecule has 0 aliphatic carbocycles. The monoisotopic (exact) mass is 282 g/mol. The van der Waals surface area contributed by atoms with Crippen molar-refractivity contribution in [2.75, 3.05) is 13.6 Å². The van der Waals surface area contributed by atoms with Crippen LogP contribution >= 0.6 is 0 Å². The zero-order valence-electron chi connectivity index (χ0n) is 10.1. The van der Waals surface area contributed by atoms with Crippen LogP contribution in [0, 0.1) is 0 Å². The third kappa shape index (κ3) is 2.54. The minimum absolute atomic E-state index is 0.509. The van der Waals surface area contributed by atoms with Crippen molar-refractivity contribution in [3.63, 3.8) is 0 Å². The maximum absolute atomic E-state index is 4.19. The number of rotatable bonds is 4. The molecule has 2 aromatic heterocycles. The molecule has 0 unspecified atom stereocenters. The number of fused-ring (bicyclic) bond motifs is 1. The third-order valence-corrected chi connectivity index (χ3v) is 5.13. The molecule has 0 aliphatic rings. The molecule has 0 amide bonds. The summed E-state index contributed by atoms with van der Waals surface area (Å²) in [5.41, 5.74) is 1.52. The summed E-state index contributed by atoms with van der Waals surface area (Å²) in [5, 5.41) is 1.44. The van der Waals surface area contributed by atoms with Gasteiger partial charge in [0.1, 0.15) is 0 Å². The summed E-state index contributed by atoms with van der Waals surface area (Å²) in [5.74, 6) is 0. The van der Waals surface area contributed by atoms with Crippen LogP contribution in [0.2, 0.25) is 0 Å². The van der Waals surface area contributed by atoms with E-state index in [1.54, 1.807) is 0 Å². The molecule has 3 heteroatoms. The molecule has 0 atom stereocenters. The van der Waals surface area contributed by atoms with Crippen LogP contribution in [0.25, 0.3) is 9.65 Å². The Morgan fingerprint density at radius 3 is 3.00 bits per heavy atom. The van der Waals surface area contributed by atoms with Gasteiger partial charge in [-0.3, -0.25) is 0 Å². The summed E-state index contributed by atoms with van der Waals surface area (Å²) >= 11 is 0.509. The van der Waals surface area contributed by atoms with Crippen molar-refractivity contribution < 1.29 is 0 Å². The summed E-state index contributed by atoms with van der Waals surface area (Å²) in [6.07, 6.45) is 5.08. The van der Waals surface area contributed by atoms with E-state index >= 15 is 0 Å². The molecule has 0 fully saturated rings. The Morgan fingerprint density at radius 1 is 1.44 bits per heavy atom. The number of likely N-dealkylation sites (N-methyl/N-ethyl adjacent to an activating group) is 1. The van der Waals surface area contributed by atoms with Crippen LogP contribution in [0.1, 0.15) is 19.4 Å². The topological polar surface area (TPSA) is 16.1 Å². The van der Waals surface area contributed by atoms with Gasteiger partial charge in [-0.15, -0.1) is 0 Å². The van der Waals surface area contributed by atoms with Crippen LogP contribution in [-0.4, -0.2) is 44.0 Å². The molecule has 2 aromatic rings. The normalized spacial score (nSPS) is 11.8. The van der Waals surface area contributed by atoms with Gasteiger partial charge < -0.3 is 0 Å². The second-order valence-electron chi connectivity index (χ2n) is 4.46. The van der Waals surface area contributed by atoms with E-state index in [2.05, 4.69) is 41.8 Å². The fourth-order valence-electron chi connectivity index (χ4n) is 1.69. The first-order valence-corrected chi connectivity index (χ1v) is 7.53. The Labute approximate surface area is 103 Å². The van der Waals surface area contributed by atoms with Crippen molar-refractivity contribution in [1.29, 1.82) is 0 Å². The average Bonchev–Trinajstić information content (AvgIpc) is 2.69. The van der Waals surface area contributed by atoms with E-state index in [1.807, 2.05) is 12.4 Å². The van der Waals surface area contributed by atoms with E-state index in [0.717, 1.165) is 13.0 Å². The number of nitrogens with zero attached hydrogens (tertiary/aromatic N) is 2. The van der Waals surface area contributed by atoms with Crippen molar-refractivity contribution in [1.82, 2.24) is 9.88 Å². The van der Waals surface area contributed by atoms with Gasteiger partial charge in [0.15, 0.2) is 0 Å². The van der Waals surface area contributed by atoms with Gasteiger partial charge in [-0.1, -0.05) is 0 Å². The molecule has 0 saturated heterocycles. The fraction of sp³-hybridized carbons (Fsp3) is 0.462. The van der Waals surface area contributed by atoms with Crippen LogP contribution in [0.5, 0.6) is 0 Å². The second-order valence-corrected chi connectivity index (χ2v) is 6.37. The van der Waals surface area contributed by atoms with Gasteiger partial charge in [0.2, 0.25) is 0 Å². The number of hydrogen-bond donors (Lipinski definition) is 0. The summed E-state index contributed by atoms with van der Waals surface area (Å²) in [7, 11) is 2.19. The van der Waals surface area contributed by atoms with E-state index in [4.69, 9.17) is 0 Å². The van der Waals surface area contributed by atoms with Crippen molar-refractivity contribution >= 4 is 24.1 Å². The molecule has 0 aliphatic heterocycles. The van der Waals surface area contributed by atoms with Gasteiger partial charge in [0, 0.05) is 0 Å². The van der Waals surface area contributed by atoms with Gasteiger partial charge in [0.05, 0.1) is 0 Å². The van der Waals surface area contributed by atoms with Crippen molar-refractivity contribution in [2.45, 2.75) is 26.3 Å². The van der Waals surface area contributed by atoms with Gasteiger partial charge in [-0.25, -0.2) is 0 Å². The van der Waals surface area contributed by atoms with E-state index < -0.39 is 0 Å². The average molecular weight is 281 g/mol. The molecule has 0 radical (unpaired) electrons. The number of aromatic nitrogens is 1. The molecule has 0 saturated carbocycles. The Balaban J connectivity index is 2.10. The van der Waals surface area contributed by atoms with Gasteiger partial charge in [0.25, 0.3) is 0 Å². The SMILES string of the molecule is CC(C)N(C)CCc1c[se]c2cnccc12. The van der Waals surface area contributed by atoms with Crippen LogP contribution < -0.4 is 0 Å². The Hall–Kier alpha value is -0.631. The van der Waals surface area contributed by atoms with E-state index in [1.165, 1.54) is 15.2 Å². The molecule has 0 aromatic carbocycles. The van der Waals surface area contributed by atoms with Crippen LogP contribution in [0.15, 0.2) is 23.4 Å². The van der Waals surface area contributed by atoms with Crippen LogP contribution in [0.3, 0.4) is 0 Å². The minimum atomic E-state index is 0.509. The molecule has 2 heterocycles. The first-order valence-electron chi connectivity index (χ1n) is 5.69. The summed E-state index contributed by atoms with van der Waals surface area (Å²) in [6.45, 7) is 5.62. The zero-order chi connectivity index (χ0) is 11.5. The Morgan fingerprint density at radius 2 is 2.25 bits per heavy atom. The van der Waals surface area contributed by atoms with Gasteiger partial charge in [-0.2, -0.15) is 0 Å². The second kappa shape index (κ2) is 5.13. The standard InChI is InChI=1S/C13H18N2Se/c1-10(2)15(3)7-5-11-9-16-13-8-14-6-4-12(11)13/h4,6,8-10H,5,7H2,1-3H3. The van der Waals surface area contributed by atoms with Crippen molar-refractivity contribution in [3.8, 4) is 0 Å². The predicted octanol–water partition coefficient (Wildman–Crippen LogP) is 2.17.